The quantitative estimate of drug-likeness (QED) is 0.503. The van der Waals surface area contributed by atoms with E-state index in [1.165, 1.54) is 18.7 Å². The molecule has 11 heavy (non-hydrogen) atoms. The van der Waals surface area contributed by atoms with Crippen LogP contribution in [0, 0.1) is 6.92 Å². The highest BCUT2D eigenvalue weighted by Crippen LogP contribution is 2.22. The molecule has 0 aliphatic heterocycles. The van der Waals surface area contributed by atoms with Gasteiger partial charge in [-0.3, -0.25) is 4.79 Å². The minimum atomic E-state index is 0.00750. The number of ketones is 1. The van der Waals surface area contributed by atoms with Crippen LogP contribution in [-0.2, 0) is 0 Å². The van der Waals surface area contributed by atoms with Crippen LogP contribution in [0.2, 0.25) is 0 Å². The van der Waals surface area contributed by atoms with Gasteiger partial charge in [-0.25, -0.2) is 0 Å². The highest BCUT2D eigenvalue weighted by atomic mass is 32.2. The molecule has 1 heterocycles. The molecule has 1 aromatic rings. The third-order valence-corrected chi connectivity index (χ3v) is 2.02. The lowest BCUT2D eigenvalue weighted by Gasteiger charge is -1.91. The largest absolute Gasteiger partial charge is 0.349 e. The molecule has 1 aromatic heterocycles. The van der Waals surface area contributed by atoms with Crippen LogP contribution in [0.25, 0.3) is 0 Å². The van der Waals surface area contributed by atoms with Crippen molar-refractivity contribution in [1.29, 1.82) is 0 Å². The van der Waals surface area contributed by atoms with Gasteiger partial charge in [0.05, 0.1) is 11.3 Å². The summed E-state index contributed by atoms with van der Waals surface area (Å²) in [7, 11) is 0. The SMILES string of the molecule is CSc1onc(C)c1C(C)=O. The number of thioether (sulfide) groups is 1. The smallest absolute Gasteiger partial charge is 0.203 e. The number of aromatic nitrogens is 1. The van der Waals surface area contributed by atoms with Gasteiger partial charge in [-0.05, 0) is 20.1 Å². The van der Waals surface area contributed by atoms with Crippen LogP contribution in [0.5, 0.6) is 0 Å². The van der Waals surface area contributed by atoms with Gasteiger partial charge in [-0.1, -0.05) is 16.9 Å². The highest BCUT2D eigenvalue weighted by molar-refractivity contribution is 7.98. The van der Waals surface area contributed by atoms with Gasteiger partial charge in [0.1, 0.15) is 0 Å². The average Bonchev–Trinajstić information content (AvgIpc) is 2.30. The second kappa shape index (κ2) is 3.09. The molecule has 0 unspecified atom stereocenters. The normalized spacial score (nSPS) is 10.1. The first-order chi connectivity index (χ1) is 5.16. The van der Waals surface area contributed by atoms with E-state index in [0.717, 1.165) is 0 Å². The van der Waals surface area contributed by atoms with Gasteiger partial charge in [0.25, 0.3) is 0 Å². The molecule has 0 radical (unpaired) electrons. The Morgan fingerprint density at radius 3 is 2.64 bits per heavy atom. The molecule has 0 bridgehead atoms. The topological polar surface area (TPSA) is 43.1 Å². The third-order valence-electron chi connectivity index (χ3n) is 1.37. The fraction of sp³-hybridized carbons (Fsp3) is 0.429. The van der Waals surface area contributed by atoms with Crippen LogP contribution in [0.3, 0.4) is 0 Å². The number of rotatable bonds is 2. The van der Waals surface area contributed by atoms with Crippen molar-refractivity contribution < 1.29 is 9.32 Å². The van der Waals surface area contributed by atoms with E-state index in [0.29, 0.717) is 16.3 Å². The zero-order chi connectivity index (χ0) is 8.43. The van der Waals surface area contributed by atoms with E-state index in [9.17, 15) is 4.79 Å². The monoisotopic (exact) mass is 171 g/mol. The van der Waals surface area contributed by atoms with Crippen LogP contribution >= 0.6 is 11.8 Å². The summed E-state index contributed by atoms with van der Waals surface area (Å²) in [6, 6.07) is 0. The number of Topliss-reactive ketones (excluding diaryl/α,β-unsaturated/α-hetero) is 1. The van der Waals surface area contributed by atoms with E-state index in [1.54, 1.807) is 6.92 Å². The molecule has 60 valence electrons. The number of carbonyl (C=O) groups is 1. The van der Waals surface area contributed by atoms with Crippen molar-refractivity contribution in [2.45, 2.75) is 18.9 Å². The van der Waals surface area contributed by atoms with Gasteiger partial charge in [0.2, 0.25) is 5.09 Å². The maximum atomic E-state index is 11.0. The van der Waals surface area contributed by atoms with Gasteiger partial charge in [0.15, 0.2) is 5.78 Å². The Morgan fingerprint density at radius 1 is 1.64 bits per heavy atom. The molecule has 0 atom stereocenters. The summed E-state index contributed by atoms with van der Waals surface area (Å²) in [5, 5.41) is 4.30. The van der Waals surface area contributed by atoms with Crippen molar-refractivity contribution in [1.82, 2.24) is 5.16 Å². The van der Waals surface area contributed by atoms with E-state index in [-0.39, 0.29) is 5.78 Å². The lowest BCUT2D eigenvalue weighted by Crippen LogP contribution is -1.93. The molecule has 0 aliphatic carbocycles. The van der Waals surface area contributed by atoms with Gasteiger partial charge in [-0.2, -0.15) is 0 Å². The molecule has 0 amide bonds. The molecule has 1 rings (SSSR count). The molecule has 0 saturated carbocycles. The number of hydrogen-bond acceptors (Lipinski definition) is 4. The van der Waals surface area contributed by atoms with E-state index in [1.807, 2.05) is 6.26 Å². The Balaban J connectivity index is 3.17. The van der Waals surface area contributed by atoms with Crippen LogP contribution in [0.15, 0.2) is 9.62 Å². The van der Waals surface area contributed by atoms with Crippen LogP contribution < -0.4 is 0 Å². The second-order valence-corrected chi connectivity index (χ2v) is 2.97. The second-order valence-electron chi connectivity index (χ2n) is 2.19. The summed E-state index contributed by atoms with van der Waals surface area (Å²) in [5.74, 6) is 0.00750. The standard InChI is InChI=1S/C7H9NO2S/c1-4-6(5(2)9)7(11-3)10-8-4/h1-3H3. The van der Waals surface area contributed by atoms with E-state index in [4.69, 9.17) is 4.52 Å². The number of hydrogen-bond donors (Lipinski definition) is 0. The predicted molar refractivity (Wildman–Crippen MR) is 43.0 cm³/mol. The number of carbonyl (C=O) groups excluding carboxylic acids is 1. The van der Waals surface area contributed by atoms with Gasteiger partial charge < -0.3 is 4.52 Å². The summed E-state index contributed by atoms with van der Waals surface area (Å²) in [5.41, 5.74) is 1.28. The molecule has 0 spiro atoms. The summed E-state index contributed by atoms with van der Waals surface area (Å²) >= 11 is 1.39. The van der Waals surface area contributed by atoms with Gasteiger partial charge in [-0.15, -0.1) is 0 Å². The molecule has 0 N–H and O–H groups in total. The van der Waals surface area contributed by atoms with Crippen molar-refractivity contribution >= 4 is 17.5 Å². The van der Waals surface area contributed by atoms with E-state index >= 15 is 0 Å². The van der Waals surface area contributed by atoms with Crippen LogP contribution in [0.1, 0.15) is 23.0 Å². The molecule has 0 aliphatic rings. The Kier molecular flexibility index (Phi) is 2.34. The van der Waals surface area contributed by atoms with Crippen LogP contribution in [0.4, 0.5) is 0 Å². The maximum Gasteiger partial charge on any atom is 0.203 e. The summed E-state index contributed by atoms with van der Waals surface area (Å²) in [6.45, 7) is 3.28. The molecule has 0 aromatic carbocycles. The molecule has 4 heteroatoms. The number of nitrogens with zero attached hydrogens (tertiary/aromatic N) is 1. The molecular weight excluding hydrogens is 162 g/mol. The molecule has 3 nitrogen and oxygen atoms in total. The first-order valence-electron chi connectivity index (χ1n) is 3.18. The fourth-order valence-electron chi connectivity index (χ4n) is 0.887. The fourth-order valence-corrected chi connectivity index (χ4v) is 1.49. The van der Waals surface area contributed by atoms with E-state index in [2.05, 4.69) is 5.16 Å². The van der Waals surface area contributed by atoms with Gasteiger partial charge >= 0.3 is 0 Å². The predicted octanol–water partition coefficient (Wildman–Crippen LogP) is 1.91. The zero-order valence-corrected chi connectivity index (χ0v) is 7.49. The van der Waals surface area contributed by atoms with Crippen molar-refractivity contribution in [3.63, 3.8) is 0 Å². The molecular formula is C7H9NO2S. The molecule has 0 saturated heterocycles. The van der Waals surface area contributed by atoms with Crippen molar-refractivity contribution in [3.05, 3.63) is 11.3 Å². The minimum absolute atomic E-state index is 0.00750. The number of aryl methyl sites for hydroxylation is 1. The maximum absolute atomic E-state index is 11.0. The summed E-state index contributed by atoms with van der Waals surface area (Å²) < 4.78 is 4.90. The van der Waals surface area contributed by atoms with E-state index < -0.39 is 0 Å². The van der Waals surface area contributed by atoms with Gasteiger partial charge in [0, 0.05) is 0 Å². The summed E-state index contributed by atoms with van der Waals surface area (Å²) in [4.78, 5) is 11.0. The first kappa shape index (κ1) is 8.33. The average molecular weight is 171 g/mol. The first-order valence-corrected chi connectivity index (χ1v) is 4.40. The van der Waals surface area contributed by atoms with Crippen LogP contribution in [-0.4, -0.2) is 17.2 Å². The summed E-state index contributed by atoms with van der Waals surface area (Å²) in [6.07, 6.45) is 1.85. The highest BCUT2D eigenvalue weighted by Gasteiger charge is 2.15. The lowest BCUT2D eigenvalue weighted by atomic mass is 10.2. The lowest BCUT2D eigenvalue weighted by molar-refractivity contribution is 0.101. The Hall–Kier alpha value is -0.770. The Morgan fingerprint density at radius 2 is 2.27 bits per heavy atom. The Labute approximate surface area is 69.1 Å². The third kappa shape index (κ3) is 1.45. The minimum Gasteiger partial charge on any atom is -0.349 e. The Bertz CT molecular complexity index is 280. The zero-order valence-electron chi connectivity index (χ0n) is 6.67. The van der Waals surface area contributed by atoms with Crippen molar-refractivity contribution in [2.75, 3.05) is 6.26 Å². The van der Waals surface area contributed by atoms with Crippen molar-refractivity contribution in [3.8, 4) is 0 Å². The molecule has 0 fully saturated rings. The van der Waals surface area contributed by atoms with Crippen molar-refractivity contribution in [2.24, 2.45) is 0 Å².